The van der Waals surface area contributed by atoms with Crippen LogP contribution in [-0.2, 0) is 21.5 Å². The molecule has 1 fully saturated rings. The van der Waals surface area contributed by atoms with Crippen LogP contribution in [-0.4, -0.2) is 61.3 Å². The van der Waals surface area contributed by atoms with Crippen LogP contribution < -0.4 is 5.32 Å². The van der Waals surface area contributed by atoms with E-state index in [4.69, 9.17) is 4.74 Å². The van der Waals surface area contributed by atoms with Crippen molar-refractivity contribution in [1.82, 2.24) is 23.8 Å². The Morgan fingerprint density at radius 2 is 2.06 bits per heavy atom. The third-order valence-corrected chi connectivity index (χ3v) is 6.88. The predicted octanol–water partition coefficient (Wildman–Crippen LogP) is 1.27. The number of fused-ring (bicyclic) bond motifs is 2. The molecule has 1 aliphatic heterocycles. The summed E-state index contributed by atoms with van der Waals surface area (Å²) in [6.45, 7) is 0. The van der Waals surface area contributed by atoms with Crippen LogP contribution in [0.5, 0.6) is 0 Å². The van der Waals surface area contributed by atoms with E-state index in [-0.39, 0.29) is 12.5 Å². The van der Waals surface area contributed by atoms with Crippen LogP contribution in [0.25, 0.3) is 11.2 Å². The van der Waals surface area contributed by atoms with Crippen molar-refractivity contribution in [2.45, 2.75) is 43.9 Å². The van der Waals surface area contributed by atoms with Crippen molar-refractivity contribution in [2.24, 2.45) is 0 Å². The number of aliphatic hydroxyl groups excluding tert-OH is 1. The molecular weight excluding hydrogens is 424 g/mol. The smallest absolute Gasteiger partial charge is 0.337 e. The van der Waals surface area contributed by atoms with E-state index in [2.05, 4.69) is 32.4 Å². The molecule has 0 saturated carbocycles. The highest BCUT2D eigenvalue weighted by Gasteiger charge is 2.41. The second-order valence-corrected chi connectivity index (χ2v) is 9.23. The Bertz CT molecular complexity index is 1230. The molecule has 2 aliphatic rings. The van der Waals surface area contributed by atoms with Gasteiger partial charge >= 0.3 is 10.3 Å². The van der Waals surface area contributed by atoms with Crippen LogP contribution in [0.15, 0.2) is 36.9 Å². The average Bonchev–Trinajstić information content (AvgIpc) is 3.44. The molecule has 1 aromatic carbocycles. The summed E-state index contributed by atoms with van der Waals surface area (Å²) < 4.78 is 40.0. The third kappa shape index (κ3) is 3.55. The zero-order valence-electron chi connectivity index (χ0n) is 16.7. The van der Waals surface area contributed by atoms with E-state index in [1.807, 2.05) is 12.1 Å². The lowest BCUT2D eigenvalue weighted by atomic mass is 10.1. The lowest BCUT2D eigenvalue weighted by molar-refractivity contribution is -0.0646. The Balaban J connectivity index is 1.43. The molecule has 3 aromatic rings. The van der Waals surface area contributed by atoms with Crippen LogP contribution in [0.4, 0.5) is 5.82 Å². The van der Waals surface area contributed by atoms with Gasteiger partial charge in [0.25, 0.3) is 0 Å². The van der Waals surface area contributed by atoms with Crippen LogP contribution in [0.3, 0.4) is 0 Å². The second-order valence-electron chi connectivity index (χ2n) is 7.76. The average molecular weight is 446 g/mol. The molecule has 2 aromatic heterocycles. The number of hydrogen-bond donors (Lipinski definition) is 3. The Labute approximate surface area is 178 Å². The van der Waals surface area contributed by atoms with Gasteiger partial charge in [-0.15, -0.1) is 0 Å². The Morgan fingerprint density at radius 1 is 1.26 bits per heavy atom. The predicted molar refractivity (Wildman–Crippen MR) is 110 cm³/mol. The molecule has 0 spiro atoms. The van der Waals surface area contributed by atoms with Crippen molar-refractivity contribution < 1.29 is 22.8 Å². The minimum atomic E-state index is -4.45. The minimum absolute atomic E-state index is 0.00429. The first-order valence-electron chi connectivity index (χ1n) is 9.89. The summed E-state index contributed by atoms with van der Waals surface area (Å²) in [5, 5.41) is 13.9. The molecule has 4 atom stereocenters. The zero-order valence-corrected chi connectivity index (χ0v) is 17.5. The fourth-order valence-corrected chi connectivity index (χ4v) is 4.71. The van der Waals surface area contributed by atoms with E-state index < -0.39 is 28.9 Å². The number of benzene rings is 1. The summed E-state index contributed by atoms with van der Waals surface area (Å²) in [4.78, 5) is 13.1. The first-order chi connectivity index (χ1) is 14.8. The Kier molecular flexibility index (Phi) is 4.90. The summed E-state index contributed by atoms with van der Waals surface area (Å²) in [7, 11) is -3.27. The maximum atomic E-state index is 11.4. The molecule has 31 heavy (non-hydrogen) atoms. The molecule has 12 heteroatoms. The number of nitrogens with one attached hydrogen (secondary N) is 1. The topological polar surface area (TPSA) is 143 Å². The molecule has 1 aliphatic carbocycles. The summed E-state index contributed by atoms with van der Waals surface area (Å²) >= 11 is 0. The molecule has 11 nitrogen and oxygen atoms in total. The van der Waals surface area contributed by atoms with Crippen molar-refractivity contribution in [3.63, 3.8) is 0 Å². The molecular formula is C19H22N6O5S. The van der Waals surface area contributed by atoms with Gasteiger partial charge in [0, 0.05) is 13.5 Å². The van der Waals surface area contributed by atoms with Gasteiger partial charge in [-0.2, -0.15) is 12.7 Å². The van der Waals surface area contributed by atoms with Crippen LogP contribution >= 0.6 is 0 Å². The standard InChI is InChI=1S/C19H22N6O5S/c1-24(31(27,28)29)15-8-14(26)19(30-15)25-10-22-16-17(20-9-21-18(16)25)23-13-7-6-11-4-2-3-5-12(11)13/h2-5,9-10,13-15,19,26H,6-8H2,1H3,(H,20,21,23)(H,27,28,29)/t13-,14+,15-,19+/m0/s1. The summed E-state index contributed by atoms with van der Waals surface area (Å²) in [5.74, 6) is 0.574. The van der Waals surface area contributed by atoms with E-state index in [0.29, 0.717) is 21.3 Å². The van der Waals surface area contributed by atoms with Gasteiger partial charge in [-0.05, 0) is 24.0 Å². The fraction of sp³-hybridized carbons (Fsp3) is 0.421. The number of imidazole rings is 1. The minimum Gasteiger partial charge on any atom is -0.388 e. The van der Waals surface area contributed by atoms with Crippen molar-refractivity contribution in [3.8, 4) is 0 Å². The number of nitrogens with zero attached hydrogens (tertiary/aromatic N) is 5. The van der Waals surface area contributed by atoms with E-state index in [1.54, 1.807) is 4.57 Å². The first kappa shape index (κ1) is 20.3. The van der Waals surface area contributed by atoms with Crippen LogP contribution in [0.1, 0.15) is 36.2 Å². The van der Waals surface area contributed by atoms with E-state index in [1.165, 1.54) is 30.8 Å². The SMILES string of the molecule is CN([C@@H]1C[C@@H](O)[C@H](n2cnc3c(N[C@H]4CCc5ccccc54)ncnc32)O1)S(=O)(=O)O. The number of aromatic nitrogens is 4. The lowest BCUT2D eigenvalue weighted by Crippen LogP contribution is -2.36. The van der Waals surface area contributed by atoms with Gasteiger partial charge in [0.15, 0.2) is 23.2 Å². The largest absolute Gasteiger partial charge is 0.388 e. The molecule has 0 radical (unpaired) electrons. The summed E-state index contributed by atoms with van der Waals surface area (Å²) in [6, 6.07) is 8.39. The van der Waals surface area contributed by atoms with E-state index in [0.717, 1.165) is 12.8 Å². The first-order valence-corrected chi connectivity index (χ1v) is 11.3. The monoisotopic (exact) mass is 446 g/mol. The van der Waals surface area contributed by atoms with Gasteiger partial charge in [0.1, 0.15) is 18.7 Å². The van der Waals surface area contributed by atoms with Crippen molar-refractivity contribution in [1.29, 1.82) is 0 Å². The summed E-state index contributed by atoms with van der Waals surface area (Å²) in [5.41, 5.74) is 3.52. The number of hydrogen-bond acceptors (Lipinski definition) is 8. The normalized spacial score (nSPS) is 25.9. The van der Waals surface area contributed by atoms with Gasteiger partial charge in [-0.3, -0.25) is 9.12 Å². The number of aliphatic hydroxyl groups is 1. The van der Waals surface area contributed by atoms with Crippen molar-refractivity contribution in [3.05, 3.63) is 48.0 Å². The second kappa shape index (κ2) is 7.50. The van der Waals surface area contributed by atoms with Gasteiger partial charge in [0.05, 0.1) is 12.4 Å². The highest BCUT2D eigenvalue weighted by atomic mass is 32.2. The number of anilines is 1. The highest BCUT2D eigenvalue weighted by Crippen LogP contribution is 2.36. The maximum Gasteiger partial charge on any atom is 0.337 e. The molecule has 164 valence electrons. The molecule has 1 saturated heterocycles. The molecule has 0 amide bonds. The van der Waals surface area contributed by atoms with Gasteiger partial charge < -0.3 is 15.2 Å². The fourth-order valence-electron chi connectivity index (χ4n) is 4.28. The van der Waals surface area contributed by atoms with E-state index in [9.17, 15) is 18.1 Å². The van der Waals surface area contributed by atoms with E-state index >= 15 is 0 Å². The summed E-state index contributed by atoms with van der Waals surface area (Å²) in [6.07, 6.45) is 1.89. The lowest BCUT2D eigenvalue weighted by Gasteiger charge is -2.21. The van der Waals surface area contributed by atoms with Crippen molar-refractivity contribution >= 4 is 27.3 Å². The molecule has 5 rings (SSSR count). The molecule has 3 heterocycles. The quantitative estimate of drug-likeness (QED) is 0.494. The number of rotatable bonds is 5. The number of ether oxygens (including phenoxy) is 1. The number of aryl methyl sites for hydroxylation is 1. The van der Waals surface area contributed by atoms with Crippen LogP contribution in [0.2, 0.25) is 0 Å². The Morgan fingerprint density at radius 3 is 2.87 bits per heavy atom. The van der Waals surface area contributed by atoms with Gasteiger partial charge in [0.2, 0.25) is 0 Å². The zero-order chi connectivity index (χ0) is 21.8. The third-order valence-electron chi connectivity index (χ3n) is 5.92. The van der Waals surface area contributed by atoms with Crippen molar-refractivity contribution in [2.75, 3.05) is 12.4 Å². The molecule has 0 unspecified atom stereocenters. The maximum absolute atomic E-state index is 11.4. The molecule has 3 N–H and O–H groups in total. The molecule has 0 bridgehead atoms. The van der Waals surface area contributed by atoms with Gasteiger partial charge in [-0.25, -0.2) is 15.0 Å². The highest BCUT2D eigenvalue weighted by molar-refractivity contribution is 7.83. The van der Waals surface area contributed by atoms with Crippen LogP contribution in [0, 0.1) is 0 Å². The Hall–Kier alpha value is -2.64. The van der Waals surface area contributed by atoms with Gasteiger partial charge in [-0.1, -0.05) is 24.3 Å².